The van der Waals surface area contributed by atoms with Crippen molar-refractivity contribution < 1.29 is 14.4 Å². The molecule has 0 aromatic heterocycles. The molecule has 0 bridgehead atoms. The predicted molar refractivity (Wildman–Crippen MR) is 57.2 cm³/mol. The van der Waals surface area contributed by atoms with Crippen LogP contribution in [0, 0.1) is 5.92 Å². The van der Waals surface area contributed by atoms with Crippen LogP contribution >= 0.6 is 0 Å². The van der Waals surface area contributed by atoms with Crippen LogP contribution in [0.1, 0.15) is 20.3 Å². The van der Waals surface area contributed by atoms with E-state index in [2.05, 4.69) is 5.32 Å². The monoisotopic (exact) mass is 227 g/mol. The third-order valence-electron chi connectivity index (χ3n) is 2.30. The fourth-order valence-corrected chi connectivity index (χ4v) is 1.64. The molecule has 1 fully saturated rings. The quantitative estimate of drug-likeness (QED) is 0.595. The largest absolute Gasteiger partial charge is 0.323 e. The molecule has 1 aliphatic rings. The van der Waals surface area contributed by atoms with E-state index in [1.807, 2.05) is 13.8 Å². The lowest BCUT2D eigenvalue weighted by atomic mass is 10.0. The molecule has 90 valence electrons. The van der Waals surface area contributed by atoms with Crippen molar-refractivity contribution >= 4 is 17.7 Å². The van der Waals surface area contributed by atoms with Crippen LogP contribution < -0.4 is 11.1 Å². The Hall–Kier alpha value is -1.43. The van der Waals surface area contributed by atoms with E-state index in [0.717, 1.165) is 0 Å². The summed E-state index contributed by atoms with van der Waals surface area (Å²) in [5.41, 5.74) is 5.71. The number of rotatable bonds is 3. The van der Waals surface area contributed by atoms with E-state index in [0.29, 0.717) is 12.3 Å². The molecule has 6 heteroatoms. The van der Waals surface area contributed by atoms with E-state index in [1.54, 1.807) is 0 Å². The molecule has 1 heterocycles. The molecule has 1 aliphatic heterocycles. The number of nitrogens with zero attached hydrogens (tertiary/aromatic N) is 1. The molecule has 0 aliphatic carbocycles. The Morgan fingerprint density at radius 3 is 2.31 bits per heavy atom. The van der Waals surface area contributed by atoms with Gasteiger partial charge in [-0.15, -0.1) is 0 Å². The summed E-state index contributed by atoms with van der Waals surface area (Å²) in [5, 5.41) is 2.13. The third kappa shape index (κ3) is 3.30. The average Bonchev–Trinajstić information content (AvgIpc) is 2.13. The van der Waals surface area contributed by atoms with Gasteiger partial charge in [-0.3, -0.25) is 19.7 Å². The van der Waals surface area contributed by atoms with E-state index in [1.165, 1.54) is 4.90 Å². The highest BCUT2D eigenvalue weighted by atomic mass is 16.2. The van der Waals surface area contributed by atoms with Crippen LogP contribution in [-0.2, 0) is 14.4 Å². The molecule has 1 rings (SSSR count). The second-order valence-corrected chi connectivity index (χ2v) is 4.40. The maximum Gasteiger partial charge on any atom is 0.246 e. The van der Waals surface area contributed by atoms with Crippen LogP contribution in [0.3, 0.4) is 0 Å². The summed E-state index contributed by atoms with van der Waals surface area (Å²) >= 11 is 0. The van der Waals surface area contributed by atoms with Gasteiger partial charge < -0.3 is 10.6 Å². The summed E-state index contributed by atoms with van der Waals surface area (Å²) in [4.78, 5) is 35.1. The molecule has 0 aromatic rings. The number of imide groups is 1. The summed E-state index contributed by atoms with van der Waals surface area (Å²) in [5.74, 6) is -0.951. The van der Waals surface area contributed by atoms with Gasteiger partial charge in [0.25, 0.3) is 0 Å². The lowest BCUT2D eigenvalue weighted by Crippen LogP contribution is -2.56. The zero-order valence-electron chi connectivity index (χ0n) is 9.53. The smallest absolute Gasteiger partial charge is 0.246 e. The average molecular weight is 227 g/mol. The highest BCUT2D eigenvalue weighted by Crippen LogP contribution is 2.06. The molecule has 0 aromatic carbocycles. The molecule has 16 heavy (non-hydrogen) atoms. The Kier molecular flexibility index (Phi) is 4.00. The maximum atomic E-state index is 11.8. The molecule has 6 nitrogen and oxygen atoms in total. The van der Waals surface area contributed by atoms with E-state index < -0.39 is 17.9 Å². The lowest BCUT2D eigenvalue weighted by molar-refractivity contribution is -0.146. The van der Waals surface area contributed by atoms with E-state index in [9.17, 15) is 14.4 Å². The lowest BCUT2D eigenvalue weighted by Gasteiger charge is -2.28. The van der Waals surface area contributed by atoms with E-state index in [-0.39, 0.29) is 19.0 Å². The molecule has 1 saturated heterocycles. The topological polar surface area (TPSA) is 92.5 Å². The van der Waals surface area contributed by atoms with Crippen LogP contribution in [0.4, 0.5) is 0 Å². The normalized spacial score (nSPS) is 18.6. The van der Waals surface area contributed by atoms with E-state index >= 15 is 0 Å². The van der Waals surface area contributed by atoms with Crippen molar-refractivity contribution in [1.29, 1.82) is 0 Å². The highest BCUT2D eigenvalue weighted by molar-refractivity contribution is 6.03. The van der Waals surface area contributed by atoms with E-state index in [4.69, 9.17) is 5.73 Å². The first-order chi connectivity index (χ1) is 7.40. The Morgan fingerprint density at radius 1 is 1.38 bits per heavy atom. The fourth-order valence-electron chi connectivity index (χ4n) is 1.64. The number of carbonyl (C=O) groups is 3. The van der Waals surface area contributed by atoms with Crippen molar-refractivity contribution in [1.82, 2.24) is 10.2 Å². The van der Waals surface area contributed by atoms with Crippen LogP contribution in [0.5, 0.6) is 0 Å². The van der Waals surface area contributed by atoms with Gasteiger partial charge in [-0.1, -0.05) is 13.8 Å². The summed E-state index contributed by atoms with van der Waals surface area (Å²) in [6, 6.07) is -0.640. The number of nitrogens with two attached hydrogens (primary N) is 1. The van der Waals surface area contributed by atoms with Gasteiger partial charge in [0.05, 0.1) is 6.04 Å². The van der Waals surface area contributed by atoms with Gasteiger partial charge in [-0.25, -0.2) is 0 Å². The van der Waals surface area contributed by atoms with Crippen LogP contribution in [0.25, 0.3) is 0 Å². The summed E-state index contributed by atoms with van der Waals surface area (Å²) in [6.07, 6.45) is 0.547. The van der Waals surface area contributed by atoms with Gasteiger partial charge >= 0.3 is 0 Å². The summed E-state index contributed by atoms with van der Waals surface area (Å²) in [7, 11) is 0. The number of nitrogens with one attached hydrogen (secondary N) is 1. The number of carbonyl (C=O) groups excluding carboxylic acids is 3. The molecule has 3 amide bonds. The molecule has 3 N–H and O–H groups in total. The van der Waals surface area contributed by atoms with Gasteiger partial charge in [-0.05, 0) is 12.3 Å². The molecule has 0 spiro atoms. The minimum Gasteiger partial charge on any atom is -0.323 e. The van der Waals surface area contributed by atoms with Crippen molar-refractivity contribution in [2.75, 3.05) is 13.1 Å². The Labute approximate surface area is 94.2 Å². The van der Waals surface area contributed by atoms with Crippen LogP contribution in [0.15, 0.2) is 0 Å². The van der Waals surface area contributed by atoms with Gasteiger partial charge in [0, 0.05) is 0 Å². The minimum atomic E-state index is -0.640. The van der Waals surface area contributed by atoms with Crippen LogP contribution in [-0.4, -0.2) is 41.8 Å². The van der Waals surface area contributed by atoms with Crippen molar-refractivity contribution in [3.05, 3.63) is 0 Å². The zero-order chi connectivity index (χ0) is 12.3. The number of hydrogen-bond donors (Lipinski definition) is 2. The molecule has 0 unspecified atom stereocenters. The molecular weight excluding hydrogens is 210 g/mol. The van der Waals surface area contributed by atoms with Crippen molar-refractivity contribution in [3.63, 3.8) is 0 Å². The Bertz CT molecular complexity index is 298. The third-order valence-corrected chi connectivity index (χ3v) is 2.30. The summed E-state index contributed by atoms with van der Waals surface area (Å²) in [6.45, 7) is 3.75. The van der Waals surface area contributed by atoms with Crippen molar-refractivity contribution in [2.45, 2.75) is 26.3 Å². The second kappa shape index (κ2) is 5.07. The molecule has 0 radical (unpaired) electrons. The molecular formula is C10H17N3O3. The number of amides is 3. The SMILES string of the molecule is CC(C)C[C@@H](N)C(=O)N1CC(=O)NC(=O)C1. The first-order valence-corrected chi connectivity index (χ1v) is 5.27. The fraction of sp³-hybridized carbons (Fsp3) is 0.700. The minimum absolute atomic E-state index is 0.0869. The number of hydrogen-bond acceptors (Lipinski definition) is 4. The van der Waals surface area contributed by atoms with Gasteiger partial charge in [0.2, 0.25) is 17.7 Å². The Balaban J connectivity index is 2.59. The molecule has 1 atom stereocenters. The zero-order valence-corrected chi connectivity index (χ0v) is 9.53. The first-order valence-electron chi connectivity index (χ1n) is 5.27. The molecule has 0 saturated carbocycles. The van der Waals surface area contributed by atoms with Gasteiger partial charge in [0.15, 0.2) is 0 Å². The maximum absolute atomic E-state index is 11.8. The van der Waals surface area contributed by atoms with Gasteiger partial charge in [0.1, 0.15) is 13.1 Å². The standard InChI is InChI=1S/C10H17N3O3/c1-6(2)3-7(11)10(16)13-4-8(14)12-9(15)5-13/h6-7H,3-5,11H2,1-2H3,(H,12,14,15)/t7-/m1/s1. The second-order valence-electron chi connectivity index (χ2n) is 4.40. The highest BCUT2D eigenvalue weighted by Gasteiger charge is 2.29. The summed E-state index contributed by atoms with van der Waals surface area (Å²) < 4.78 is 0. The van der Waals surface area contributed by atoms with Crippen LogP contribution in [0.2, 0.25) is 0 Å². The number of piperazine rings is 1. The first kappa shape index (κ1) is 12.6. The Morgan fingerprint density at radius 2 is 1.88 bits per heavy atom. The van der Waals surface area contributed by atoms with Crippen molar-refractivity contribution in [3.8, 4) is 0 Å². The predicted octanol–water partition coefficient (Wildman–Crippen LogP) is -1.16. The van der Waals surface area contributed by atoms with Crippen molar-refractivity contribution in [2.24, 2.45) is 11.7 Å². The van der Waals surface area contributed by atoms with Gasteiger partial charge in [-0.2, -0.15) is 0 Å².